The van der Waals surface area contributed by atoms with Crippen LogP contribution in [0.2, 0.25) is 0 Å². The smallest absolute Gasteiger partial charge is 0.407 e. The Hall–Kier alpha value is -1.42. The number of amides is 1. The fourth-order valence-electron chi connectivity index (χ4n) is 5.74. The Kier molecular flexibility index (Phi) is 40.8. The molecule has 1 amide bonds. The van der Waals surface area contributed by atoms with E-state index in [1.807, 2.05) is 0 Å². The van der Waals surface area contributed by atoms with Gasteiger partial charge in [-0.1, -0.05) is 155 Å². The van der Waals surface area contributed by atoms with Crippen molar-refractivity contribution in [3.63, 3.8) is 0 Å². The molecule has 0 aliphatic carbocycles. The monoisotopic (exact) mass is 716 g/mol. The molecule has 0 heterocycles. The summed E-state index contributed by atoms with van der Waals surface area (Å²) in [5.41, 5.74) is 0. The summed E-state index contributed by atoms with van der Waals surface area (Å²) in [6.07, 6.45) is 31.2. The number of rotatable bonds is 41. The van der Waals surface area contributed by atoms with Crippen LogP contribution in [0.5, 0.6) is 0 Å². The normalized spacial score (nSPS) is 11.9. The molecule has 0 aromatic carbocycles. The van der Waals surface area contributed by atoms with Gasteiger partial charge < -0.3 is 33.7 Å². The lowest BCUT2D eigenvalue weighted by atomic mass is 10.1. The first-order valence-corrected chi connectivity index (χ1v) is 21.0. The lowest BCUT2D eigenvalue weighted by Gasteiger charge is -2.18. The predicted molar refractivity (Wildman–Crippen MR) is 205 cm³/mol. The molecule has 50 heavy (non-hydrogen) atoms. The Labute approximate surface area is 308 Å². The summed E-state index contributed by atoms with van der Waals surface area (Å²) < 4.78 is 32.9. The highest BCUT2D eigenvalue weighted by atomic mass is 16.6. The van der Waals surface area contributed by atoms with E-state index < -0.39 is 6.09 Å². The molecule has 9 heteroatoms. The zero-order valence-electron chi connectivity index (χ0n) is 33.1. The van der Waals surface area contributed by atoms with Crippen molar-refractivity contribution in [2.75, 3.05) is 66.5 Å². The van der Waals surface area contributed by atoms with Crippen LogP contribution in [-0.4, -0.2) is 84.7 Å². The summed E-state index contributed by atoms with van der Waals surface area (Å²) in [4.78, 5) is 24.2. The maximum absolute atomic E-state index is 12.4. The van der Waals surface area contributed by atoms with Gasteiger partial charge in [0, 0.05) is 39.9 Å². The molecular weight excluding hydrogens is 634 g/mol. The molecule has 0 saturated heterocycles. The van der Waals surface area contributed by atoms with Gasteiger partial charge in [-0.25, -0.2) is 4.79 Å². The van der Waals surface area contributed by atoms with Crippen LogP contribution >= 0.6 is 0 Å². The maximum atomic E-state index is 12.4. The highest BCUT2D eigenvalue weighted by molar-refractivity contribution is 5.71. The van der Waals surface area contributed by atoms with Crippen molar-refractivity contribution in [2.24, 2.45) is 0 Å². The molecule has 0 radical (unpaired) electrons. The summed E-state index contributed by atoms with van der Waals surface area (Å²) in [6.45, 7) is 8.42. The van der Waals surface area contributed by atoms with Crippen molar-refractivity contribution in [3.8, 4) is 0 Å². The van der Waals surface area contributed by atoms with Crippen molar-refractivity contribution in [1.29, 1.82) is 0 Å². The molecule has 1 unspecified atom stereocenters. The number of alkyl carbamates (subject to hydrolysis) is 1. The van der Waals surface area contributed by atoms with Crippen molar-refractivity contribution in [3.05, 3.63) is 0 Å². The van der Waals surface area contributed by atoms with Crippen molar-refractivity contribution >= 4 is 12.1 Å². The number of unbranched alkanes of at least 4 members (excludes halogenated alkanes) is 22. The third kappa shape index (κ3) is 39.4. The Morgan fingerprint density at radius 1 is 0.480 bits per heavy atom. The standard InChI is InChI=1S/C41H81NO8/c1-4-6-8-10-12-14-16-18-20-22-24-26-31-47-37-39(48-33-27-25-23-21-19-17-15-13-11-9-7-5-2)38-50-40(43)29-30-42-41(44)49-34-28-32-46-36-35-45-3/h39H,4-38H2,1-3H3,(H,42,44). The van der Waals surface area contributed by atoms with Gasteiger partial charge in [-0.3, -0.25) is 4.79 Å². The molecule has 0 aliphatic heterocycles. The average Bonchev–Trinajstić information content (AvgIpc) is 3.11. The Bertz CT molecular complexity index is 695. The molecule has 1 atom stereocenters. The van der Waals surface area contributed by atoms with E-state index in [2.05, 4.69) is 19.2 Å². The van der Waals surface area contributed by atoms with Crippen LogP contribution in [0.4, 0.5) is 4.79 Å². The third-order valence-corrected chi connectivity index (χ3v) is 8.92. The zero-order valence-corrected chi connectivity index (χ0v) is 33.1. The SMILES string of the molecule is CCCCCCCCCCCCCCOCC(COC(=O)CCNC(=O)OCCCOCCOC)OCCCCCCCCCCCCCC. The molecule has 9 nitrogen and oxygen atoms in total. The van der Waals surface area contributed by atoms with Crippen LogP contribution in [0.25, 0.3) is 0 Å². The number of hydrogen-bond donors (Lipinski definition) is 1. The van der Waals surface area contributed by atoms with Crippen molar-refractivity contribution < 1.29 is 38.0 Å². The Balaban J connectivity index is 4.15. The summed E-state index contributed by atoms with van der Waals surface area (Å²) in [5, 5.41) is 2.60. The van der Waals surface area contributed by atoms with Crippen molar-refractivity contribution in [2.45, 2.75) is 187 Å². The van der Waals surface area contributed by atoms with Crippen LogP contribution in [0.15, 0.2) is 0 Å². The highest BCUT2D eigenvalue weighted by Crippen LogP contribution is 2.14. The van der Waals surface area contributed by atoms with E-state index in [0.717, 1.165) is 19.3 Å². The van der Waals surface area contributed by atoms with Gasteiger partial charge in [0.15, 0.2) is 0 Å². The number of ether oxygens (including phenoxy) is 6. The van der Waals surface area contributed by atoms with E-state index in [-0.39, 0.29) is 38.3 Å². The lowest BCUT2D eigenvalue weighted by Crippen LogP contribution is -2.30. The molecule has 1 N–H and O–H groups in total. The highest BCUT2D eigenvalue weighted by Gasteiger charge is 2.14. The van der Waals surface area contributed by atoms with Crippen LogP contribution in [0.1, 0.15) is 181 Å². The van der Waals surface area contributed by atoms with Gasteiger partial charge in [0.1, 0.15) is 12.7 Å². The van der Waals surface area contributed by atoms with Gasteiger partial charge in [0.05, 0.1) is 32.8 Å². The molecule has 0 aromatic heterocycles. The summed E-state index contributed by atoms with van der Waals surface area (Å²) in [6, 6.07) is 0. The number of esters is 1. The number of carbonyl (C=O) groups is 2. The van der Waals surface area contributed by atoms with Crippen LogP contribution < -0.4 is 5.32 Å². The third-order valence-electron chi connectivity index (χ3n) is 8.92. The van der Waals surface area contributed by atoms with E-state index in [9.17, 15) is 9.59 Å². The lowest BCUT2D eigenvalue weighted by molar-refractivity contribution is -0.149. The second kappa shape index (κ2) is 42.0. The quantitative estimate of drug-likeness (QED) is 0.0493. The topological polar surface area (TPSA) is 102 Å². The molecular formula is C41H81NO8. The number of nitrogens with one attached hydrogen (secondary N) is 1. The molecule has 0 fully saturated rings. The van der Waals surface area contributed by atoms with E-state index >= 15 is 0 Å². The molecule has 0 bridgehead atoms. The maximum Gasteiger partial charge on any atom is 0.407 e. The molecule has 0 aliphatic rings. The summed E-state index contributed by atoms with van der Waals surface area (Å²) in [5.74, 6) is -0.378. The second-order valence-electron chi connectivity index (χ2n) is 13.8. The summed E-state index contributed by atoms with van der Waals surface area (Å²) >= 11 is 0. The average molecular weight is 716 g/mol. The van der Waals surface area contributed by atoms with Gasteiger partial charge in [-0.15, -0.1) is 0 Å². The second-order valence-corrected chi connectivity index (χ2v) is 13.8. The summed E-state index contributed by atoms with van der Waals surface area (Å²) in [7, 11) is 1.62. The molecule has 0 spiro atoms. The predicted octanol–water partition coefficient (Wildman–Crippen LogP) is 10.5. The number of methoxy groups -OCH3 is 1. The number of hydrogen-bond acceptors (Lipinski definition) is 8. The fourth-order valence-corrected chi connectivity index (χ4v) is 5.74. The van der Waals surface area contributed by atoms with Gasteiger partial charge >= 0.3 is 12.1 Å². The largest absolute Gasteiger partial charge is 0.463 e. The first-order valence-electron chi connectivity index (χ1n) is 21.0. The number of carbonyl (C=O) groups excluding carboxylic acids is 2. The van der Waals surface area contributed by atoms with Crippen molar-refractivity contribution in [1.82, 2.24) is 5.32 Å². The first kappa shape index (κ1) is 48.6. The van der Waals surface area contributed by atoms with Gasteiger partial charge in [0.2, 0.25) is 0 Å². The van der Waals surface area contributed by atoms with Crippen LogP contribution in [0.3, 0.4) is 0 Å². The first-order chi connectivity index (χ1) is 24.6. The molecule has 0 rings (SSSR count). The van der Waals surface area contributed by atoms with Gasteiger partial charge in [-0.2, -0.15) is 0 Å². The van der Waals surface area contributed by atoms with Crippen LogP contribution in [0, 0.1) is 0 Å². The van der Waals surface area contributed by atoms with Gasteiger partial charge in [-0.05, 0) is 12.8 Å². The minimum Gasteiger partial charge on any atom is -0.463 e. The van der Waals surface area contributed by atoms with Crippen LogP contribution in [-0.2, 0) is 33.2 Å². The Morgan fingerprint density at radius 3 is 1.48 bits per heavy atom. The van der Waals surface area contributed by atoms with E-state index in [1.54, 1.807) is 7.11 Å². The zero-order chi connectivity index (χ0) is 36.4. The minimum absolute atomic E-state index is 0.0698. The van der Waals surface area contributed by atoms with E-state index in [0.29, 0.717) is 46.1 Å². The fraction of sp³-hybridized carbons (Fsp3) is 0.951. The minimum atomic E-state index is -0.551. The Morgan fingerprint density at radius 2 is 0.960 bits per heavy atom. The molecule has 0 aromatic rings. The van der Waals surface area contributed by atoms with Gasteiger partial charge in [0.25, 0.3) is 0 Å². The molecule has 0 saturated carbocycles. The van der Waals surface area contributed by atoms with E-state index in [4.69, 9.17) is 28.4 Å². The molecule has 298 valence electrons. The van der Waals surface area contributed by atoms with E-state index in [1.165, 1.54) is 135 Å².